The summed E-state index contributed by atoms with van der Waals surface area (Å²) in [4.78, 5) is 0. The van der Waals surface area contributed by atoms with E-state index in [1.165, 1.54) is 19.3 Å². The summed E-state index contributed by atoms with van der Waals surface area (Å²) in [6.45, 7) is 23.8. The van der Waals surface area contributed by atoms with Crippen LogP contribution in [0.15, 0.2) is 0 Å². The third-order valence-corrected chi connectivity index (χ3v) is 7.17. The van der Waals surface area contributed by atoms with E-state index in [1.807, 2.05) is 0 Å². The van der Waals surface area contributed by atoms with E-state index < -0.39 is 0 Å². The maximum atomic E-state index is 7.12. The second-order valence-corrected chi connectivity index (χ2v) is 10.6. The van der Waals surface area contributed by atoms with Gasteiger partial charge in [-0.2, -0.15) is 0 Å². The second kappa shape index (κ2) is 5.25. The van der Waals surface area contributed by atoms with E-state index in [9.17, 15) is 0 Å². The van der Waals surface area contributed by atoms with Gasteiger partial charge in [-0.25, -0.2) is 0 Å². The Bertz CT molecular complexity index is 368. The first-order valence-electron chi connectivity index (χ1n) is 8.91. The van der Waals surface area contributed by atoms with Gasteiger partial charge in [0.25, 0.3) is 0 Å². The van der Waals surface area contributed by atoms with Gasteiger partial charge in [-0.15, -0.1) is 0 Å². The third-order valence-electron chi connectivity index (χ3n) is 7.17. The van der Waals surface area contributed by atoms with Gasteiger partial charge < -0.3 is 5.73 Å². The fraction of sp³-hybridized carbons (Fsp3) is 1.00. The zero-order valence-corrected chi connectivity index (χ0v) is 16.5. The number of rotatable bonds is 3. The Balaban J connectivity index is 3.24. The van der Waals surface area contributed by atoms with Crippen LogP contribution in [0.5, 0.6) is 0 Å². The summed E-state index contributed by atoms with van der Waals surface area (Å²) in [6, 6.07) is 0. The molecule has 1 rings (SSSR count). The summed E-state index contributed by atoms with van der Waals surface area (Å²) < 4.78 is 0. The molecule has 0 aromatic heterocycles. The SMILES string of the molecule is CCC(N)(C(C)(C)C)[C@@]1(C)CCC(CC(C)(C)C)C1(C)C. The summed E-state index contributed by atoms with van der Waals surface area (Å²) >= 11 is 0. The zero-order chi connectivity index (χ0) is 16.9. The van der Waals surface area contributed by atoms with Crippen molar-refractivity contribution in [1.29, 1.82) is 0 Å². The van der Waals surface area contributed by atoms with Crippen LogP contribution in [0.4, 0.5) is 0 Å². The first-order chi connectivity index (χ1) is 9.12. The zero-order valence-electron chi connectivity index (χ0n) is 16.5. The molecule has 1 nitrogen and oxygen atoms in total. The molecule has 21 heavy (non-hydrogen) atoms. The van der Waals surface area contributed by atoms with Crippen LogP contribution in [0, 0.1) is 27.6 Å². The fourth-order valence-electron chi connectivity index (χ4n) is 5.24. The minimum atomic E-state index is -0.115. The first-order valence-corrected chi connectivity index (χ1v) is 8.91. The summed E-state index contributed by atoms with van der Waals surface area (Å²) in [5, 5.41) is 0. The van der Waals surface area contributed by atoms with E-state index in [1.54, 1.807) is 0 Å². The van der Waals surface area contributed by atoms with Gasteiger partial charge in [0, 0.05) is 5.54 Å². The molecule has 0 aliphatic heterocycles. The highest BCUT2D eigenvalue weighted by Gasteiger charge is 2.62. The Morgan fingerprint density at radius 2 is 1.48 bits per heavy atom. The van der Waals surface area contributed by atoms with Crippen molar-refractivity contribution in [3.63, 3.8) is 0 Å². The summed E-state index contributed by atoms with van der Waals surface area (Å²) in [5.74, 6) is 0.777. The molecule has 0 bridgehead atoms. The molecular formula is C20H41N. The Kier molecular flexibility index (Phi) is 4.75. The number of nitrogens with two attached hydrogens (primary N) is 1. The summed E-state index contributed by atoms with van der Waals surface area (Å²) in [5.41, 5.74) is 8.02. The van der Waals surface area contributed by atoms with Crippen LogP contribution in [0.2, 0.25) is 0 Å². The van der Waals surface area contributed by atoms with Gasteiger partial charge in [0.1, 0.15) is 0 Å². The van der Waals surface area contributed by atoms with Crippen LogP contribution in [0.1, 0.15) is 94.9 Å². The van der Waals surface area contributed by atoms with Crippen molar-refractivity contribution >= 4 is 0 Å². The molecule has 0 spiro atoms. The summed E-state index contributed by atoms with van der Waals surface area (Å²) in [6.07, 6.45) is 4.95. The van der Waals surface area contributed by atoms with Gasteiger partial charge in [-0.1, -0.05) is 69.2 Å². The van der Waals surface area contributed by atoms with Crippen LogP contribution >= 0.6 is 0 Å². The van der Waals surface area contributed by atoms with Crippen LogP contribution in [0.3, 0.4) is 0 Å². The normalized spacial score (nSPS) is 33.0. The van der Waals surface area contributed by atoms with Gasteiger partial charge in [-0.3, -0.25) is 0 Å². The standard InChI is InChI=1S/C20H41N/c1-11-20(21,17(5,6)7)19(10)13-12-15(18(19,8)9)14-16(2,3)4/h15H,11-14,21H2,1-10H3/t15?,19-,20?/m0/s1. The molecule has 1 aliphatic rings. The van der Waals surface area contributed by atoms with Crippen LogP contribution in [0.25, 0.3) is 0 Å². The minimum absolute atomic E-state index is 0.115. The maximum Gasteiger partial charge on any atom is 0.0260 e. The predicted molar refractivity (Wildman–Crippen MR) is 95.3 cm³/mol. The van der Waals surface area contributed by atoms with Crippen molar-refractivity contribution in [2.24, 2.45) is 33.3 Å². The third kappa shape index (κ3) is 2.92. The molecule has 2 unspecified atom stereocenters. The molecule has 0 aromatic carbocycles. The van der Waals surface area contributed by atoms with Gasteiger partial charge in [0.15, 0.2) is 0 Å². The molecule has 0 saturated heterocycles. The van der Waals surface area contributed by atoms with Crippen molar-refractivity contribution in [3.8, 4) is 0 Å². The number of hydrogen-bond donors (Lipinski definition) is 1. The molecule has 126 valence electrons. The van der Waals surface area contributed by atoms with Gasteiger partial charge in [0.2, 0.25) is 0 Å². The first kappa shape index (κ1) is 19.0. The molecule has 0 radical (unpaired) electrons. The second-order valence-electron chi connectivity index (χ2n) is 10.6. The van der Waals surface area contributed by atoms with Crippen LogP contribution < -0.4 is 5.73 Å². The van der Waals surface area contributed by atoms with Crippen molar-refractivity contribution in [1.82, 2.24) is 0 Å². The minimum Gasteiger partial charge on any atom is -0.324 e. The highest BCUT2D eigenvalue weighted by Crippen LogP contribution is 2.65. The largest absolute Gasteiger partial charge is 0.324 e. The Labute approximate surface area is 134 Å². The molecule has 3 atom stereocenters. The average molecular weight is 296 g/mol. The monoisotopic (exact) mass is 295 g/mol. The van der Waals surface area contributed by atoms with E-state index in [0.717, 1.165) is 12.3 Å². The van der Waals surface area contributed by atoms with E-state index in [-0.39, 0.29) is 21.8 Å². The highest BCUT2D eigenvalue weighted by atomic mass is 14.9. The van der Waals surface area contributed by atoms with Crippen LogP contribution in [-0.4, -0.2) is 5.54 Å². The quantitative estimate of drug-likeness (QED) is 0.677. The lowest BCUT2D eigenvalue weighted by Gasteiger charge is -2.59. The predicted octanol–water partition coefficient (Wildman–Crippen LogP) is 6.02. The maximum absolute atomic E-state index is 7.12. The molecule has 0 amide bonds. The van der Waals surface area contributed by atoms with Crippen molar-refractivity contribution in [2.75, 3.05) is 0 Å². The lowest BCUT2D eigenvalue weighted by Crippen LogP contribution is -2.65. The smallest absolute Gasteiger partial charge is 0.0260 e. The van der Waals surface area contributed by atoms with E-state index >= 15 is 0 Å². The molecule has 0 heterocycles. The van der Waals surface area contributed by atoms with Gasteiger partial charge >= 0.3 is 0 Å². The highest BCUT2D eigenvalue weighted by molar-refractivity contribution is 5.15. The van der Waals surface area contributed by atoms with Gasteiger partial charge in [-0.05, 0) is 53.3 Å². The summed E-state index contributed by atoms with van der Waals surface area (Å²) in [7, 11) is 0. The number of hydrogen-bond acceptors (Lipinski definition) is 1. The lowest BCUT2D eigenvalue weighted by atomic mass is 9.49. The Hall–Kier alpha value is -0.0400. The topological polar surface area (TPSA) is 26.0 Å². The molecule has 1 aliphatic carbocycles. The van der Waals surface area contributed by atoms with Crippen molar-refractivity contribution in [2.45, 2.75) is 100 Å². The fourth-order valence-corrected chi connectivity index (χ4v) is 5.24. The average Bonchev–Trinajstić information content (AvgIpc) is 2.49. The molecule has 0 aromatic rings. The molecular weight excluding hydrogens is 254 g/mol. The van der Waals surface area contributed by atoms with Gasteiger partial charge in [0.05, 0.1) is 0 Å². The van der Waals surface area contributed by atoms with E-state index in [0.29, 0.717) is 5.41 Å². The molecule has 1 fully saturated rings. The Morgan fingerprint density at radius 3 is 1.81 bits per heavy atom. The molecule has 2 N–H and O–H groups in total. The van der Waals surface area contributed by atoms with E-state index in [2.05, 4.69) is 69.2 Å². The van der Waals surface area contributed by atoms with E-state index in [4.69, 9.17) is 5.73 Å². The molecule has 1 heteroatoms. The lowest BCUT2D eigenvalue weighted by molar-refractivity contribution is -0.0580. The van der Waals surface area contributed by atoms with Crippen molar-refractivity contribution < 1.29 is 0 Å². The van der Waals surface area contributed by atoms with Crippen LogP contribution in [-0.2, 0) is 0 Å². The molecule has 1 saturated carbocycles. The Morgan fingerprint density at radius 1 is 1.00 bits per heavy atom. The van der Waals surface area contributed by atoms with Crippen molar-refractivity contribution in [3.05, 3.63) is 0 Å².